The number of rotatable bonds is 4. The number of anilines is 1. The smallest absolute Gasteiger partial charge is 0.266 e. The van der Waals surface area contributed by atoms with Crippen molar-refractivity contribution in [2.24, 2.45) is 4.99 Å². The Hall–Kier alpha value is -4.13. The Labute approximate surface area is 171 Å². The summed E-state index contributed by atoms with van der Waals surface area (Å²) >= 11 is 0. The maximum atomic E-state index is 13.4. The fourth-order valence-electron chi connectivity index (χ4n) is 3.17. The van der Waals surface area contributed by atoms with Crippen LogP contribution in [-0.4, -0.2) is 16.7 Å². The predicted molar refractivity (Wildman–Crippen MR) is 113 cm³/mol. The molecule has 1 amide bonds. The van der Waals surface area contributed by atoms with Crippen LogP contribution in [0.3, 0.4) is 0 Å². The highest BCUT2D eigenvalue weighted by Crippen LogP contribution is 2.30. The summed E-state index contributed by atoms with van der Waals surface area (Å²) < 4.78 is 13.4. The first-order valence-corrected chi connectivity index (χ1v) is 9.15. The average molecular weight is 401 g/mol. The molecule has 6 nitrogen and oxygen atoms in total. The molecule has 0 N–H and O–H groups in total. The van der Waals surface area contributed by atoms with Gasteiger partial charge in [0.15, 0.2) is 0 Å². The van der Waals surface area contributed by atoms with Gasteiger partial charge in [-0.1, -0.05) is 42.0 Å². The fourth-order valence-corrected chi connectivity index (χ4v) is 3.17. The Balaban J connectivity index is 1.85. The second-order valence-corrected chi connectivity index (χ2v) is 6.76. The minimum absolute atomic E-state index is 0.0594. The summed E-state index contributed by atoms with van der Waals surface area (Å²) in [6.07, 6.45) is 1.40. The second kappa shape index (κ2) is 7.71. The summed E-state index contributed by atoms with van der Waals surface area (Å²) in [7, 11) is 0. The SMILES string of the molecule is Cc1ccc(C2=N/C(=C/c3ccccc3[N+](=O)[O-])C(=O)N2c2ccc(F)cc2)cc1. The zero-order chi connectivity index (χ0) is 21.3. The van der Waals surface area contributed by atoms with Crippen molar-refractivity contribution < 1.29 is 14.1 Å². The maximum Gasteiger partial charge on any atom is 0.282 e. The number of amidine groups is 1. The summed E-state index contributed by atoms with van der Waals surface area (Å²) in [5, 5.41) is 11.3. The van der Waals surface area contributed by atoms with Crippen LogP contribution in [0, 0.1) is 22.9 Å². The number of hydrogen-bond donors (Lipinski definition) is 0. The number of carbonyl (C=O) groups excluding carboxylic acids is 1. The van der Waals surface area contributed by atoms with Crippen molar-refractivity contribution in [2.45, 2.75) is 6.92 Å². The largest absolute Gasteiger partial charge is 0.282 e. The van der Waals surface area contributed by atoms with Crippen LogP contribution < -0.4 is 4.90 Å². The third kappa shape index (κ3) is 3.60. The first-order chi connectivity index (χ1) is 14.4. The molecule has 4 rings (SSSR count). The Morgan fingerprint density at radius 1 is 1.00 bits per heavy atom. The van der Waals surface area contributed by atoms with E-state index in [9.17, 15) is 19.3 Å². The number of nitro groups is 1. The Bertz CT molecular complexity index is 1200. The second-order valence-electron chi connectivity index (χ2n) is 6.76. The van der Waals surface area contributed by atoms with Gasteiger partial charge in [0.1, 0.15) is 17.3 Å². The van der Waals surface area contributed by atoms with Gasteiger partial charge >= 0.3 is 0 Å². The number of nitro benzene ring substituents is 1. The topological polar surface area (TPSA) is 75.8 Å². The number of para-hydroxylation sites is 1. The Morgan fingerprint density at radius 3 is 2.33 bits per heavy atom. The summed E-state index contributed by atoms with van der Waals surface area (Å²) in [4.78, 5) is 29.9. The van der Waals surface area contributed by atoms with Crippen molar-refractivity contribution in [1.29, 1.82) is 0 Å². The van der Waals surface area contributed by atoms with E-state index in [2.05, 4.69) is 4.99 Å². The fraction of sp³-hybridized carbons (Fsp3) is 0.0435. The molecule has 1 aliphatic rings. The third-order valence-electron chi connectivity index (χ3n) is 4.68. The third-order valence-corrected chi connectivity index (χ3v) is 4.68. The van der Waals surface area contributed by atoms with Crippen molar-refractivity contribution in [2.75, 3.05) is 4.90 Å². The van der Waals surface area contributed by atoms with E-state index in [1.54, 1.807) is 18.2 Å². The lowest BCUT2D eigenvalue weighted by molar-refractivity contribution is -0.385. The van der Waals surface area contributed by atoms with Crippen LogP contribution in [0.4, 0.5) is 15.8 Å². The molecule has 0 spiro atoms. The van der Waals surface area contributed by atoms with Gasteiger partial charge in [0.05, 0.1) is 16.2 Å². The van der Waals surface area contributed by atoms with E-state index in [-0.39, 0.29) is 16.9 Å². The first kappa shape index (κ1) is 19.2. The lowest BCUT2D eigenvalue weighted by atomic mass is 10.1. The monoisotopic (exact) mass is 401 g/mol. The van der Waals surface area contributed by atoms with Gasteiger partial charge in [-0.2, -0.15) is 0 Å². The number of nitrogens with zero attached hydrogens (tertiary/aromatic N) is 3. The molecule has 1 aliphatic heterocycles. The number of benzene rings is 3. The van der Waals surface area contributed by atoms with Crippen LogP contribution in [0.15, 0.2) is 83.5 Å². The molecular weight excluding hydrogens is 385 g/mol. The maximum absolute atomic E-state index is 13.4. The number of carbonyl (C=O) groups is 1. The first-order valence-electron chi connectivity index (χ1n) is 9.15. The molecule has 0 bridgehead atoms. The normalized spacial score (nSPS) is 14.9. The molecule has 0 saturated heterocycles. The molecule has 7 heteroatoms. The summed E-state index contributed by atoms with van der Waals surface area (Å²) in [6.45, 7) is 1.95. The number of aliphatic imine (C=N–C) groups is 1. The highest BCUT2D eigenvalue weighted by molar-refractivity contribution is 6.33. The van der Waals surface area contributed by atoms with Crippen LogP contribution in [0.5, 0.6) is 0 Å². The van der Waals surface area contributed by atoms with Crippen LogP contribution in [-0.2, 0) is 4.79 Å². The number of hydrogen-bond acceptors (Lipinski definition) is 4. The van der Waals surface area contributed by atoms with Crippen LogP contribution in [0.2, 0.25) is 0 Å². The minimum Gasteiger partial charge on any atom is -0.266 e. The molecular formula is C23H16FN3O3. The molecule has 3 aromatic carbocycles. The van der Waals surface area contributed by atoms with Crippen molar-refractivity contribution in [1.82, 2.24) is 0 Å². The molecule has 0 radical (unpaired) electrons. The molecule has 0 aliphatic carbocycles. The lowest BCUT2D eigenvalue weighted by Gasteiger charge is -2.18. The van der Waals surface area contributed by atoms with Gasteiger partial charge in [0, 0.05) is 11.6 Å². The molecule has 0 atom stereocenters. The molecule has 0 fully saturated rings. The molecule has 0 saturated carbocycles. The Kier molecular flexibility index (Phi) is 4.93. The zero-order valence-corrected chi connectivity index (χ0v) is 15.9. The van der Waals surface area contributed by atoms with Crippen LogP contribution in [0.25, 0.3) is 6.08 Å². The van der Waals surface area contributed by atoms with E-state index >= 15 is 0 Å². The minimum atomic E-state index is -0.506. The molecule has 0 aromatic heterocycles. The van der Waals surface area contributed by atoms with E-state index < -0.39 is 16.6 Å². The lowest BCUT2D eigenvalue weighted by Crippen LogP contribution is -2.32. The van der Waals surface area contributed by atoms with Gasteiger partial charge in [0.25, 0.3) is 11.6 Å². The average Bonchev–Trinajstić information content (AvgIpc) is 3.05. The van der Waals surface area contributed by atoms with E-state index in [0.29, 0.717) is 17.1 Å². The summed E-state index contributed by atoms with van der Waals surface area (Å²) in [6, 6.07) is 19.1. The molecule has 148 valence electrons. The zero-order valence-electron chi connectivity index (χ0n) is 15.9. The van der Waals surface area contributed by atoms with E-state index in [0.717, 1.165) is 5.56 Å². The van der Waals surface area contributed by atoms with Crippen molar-refractivity contribution in [3.05, 3.63) is 111 Å². The summed E-state index contributed by atoms with van der Waals surface area (Å²) in [5.74, 6) is -0.498. The Morgan fingerprint density at radius 2 is 1.67 bits per heavy atom. The van der Waals surface area contributed by atoms with Gasteiger partial charge in [-0.3, -0.25) is 19.8 Å². The standard InChI is InChI=1S/C23H16FN3O3/c1-15-6-8-16(9-7-15)22-25-20(14-17-4-2-3-5-21(17)27(29)30)23(28)26(22)19-12-10-18(24)11-13-19/h2-14H,1H3/b20-14+. The highest BCUT2D eigenvalue weighted by Gasteiger charge is 2.33. The highest BCUT2D eigenvalue weighted by atomic mass is 19.1. The number of amides is 1. The van der Waals surface area contributed by atoms with Gasteiger partial charge in [-0.05, 0) is 43.3 Å². The van der Waals surface area contributed by atoms with E-state index in [1.165, 1.54) is 41.3 Å². The van der Waals surface area contributed by atoms with Gasteiger partial charge in [-0.15, -0.1) is 0 Å². The summed E-state index contributed by atoms with van der Waals surface area (Å²) in [5.41, 5.74) is 2.41. The quantitative estimate of drug-likeness (QED) is 0.355. The van der Waals surface area contributed by atoms with Crippen molar-refractivity contribution >= 4 is 29.2 Å². The molecule has 30 heavy (non-hydrogen) atoms. The van der Waals surface area contributed by atoms with Gasteiger partial charge in [-0.25, -0.2) is 9.38 Å². The number of aryl methyl sites for hydroxylation is 1. The molecule has 1 heterocycles. The van der Waals surface area contributed by atoms with Crippen LogP contribution >= 0.6 is 0 Å². The van der Waals surface area contributed by atoms with Gasteiger partial charge < -0.3 is 0 Å². The number of halogens is 1. The van der Waals surface area contributed by atoms with Crippen molar-refractivity contribution in [3.8, 4) is 0 Å². The van der Waals surface area contributed by atoms with Crippen molar-refractivity contribution in [3.63, 3.8) is 0 Å². The van der Waals surface area contributed by atoms with Crippen LogP contribution in [0.1, 0.15) is 16.7 Å². The van der Waals surface area contributed by atoms with E-state index in [4.69, 9.17) is 0 Å². The molecule has 3 aromatic rings. The van der Waals surface area contributed by atoms with Gasteiger partial charge in [0.2, 0.25) is 0 Å². The predicted octanol–water partition coefficient (Wildman–Crippen LogP) is 4.88. The molecule has 0 unspecified atom stereocenters. The van der Waals surface area contributed by atoms with E-state index in [1.807, 2.05) is 31.2 Å².